The van der Waals surface area contributed by atoms with Crippen LogP contribution in [0.3, 0.4) is 0 Å². The summed E-state index contributed by atoms with van der Waals surface area (Å²) in [6.45, 7) is 12.2. The van der Waals surface area contributed by atoms with Crippen LogP contribution in [-0.4, -0.2) is 11.2 Å². The van der Waals surface area contributed by atoms with Gasteiger partial charge in [-0.3, -0.25) is 0 Å². The lowest BCUT2D eigenvalue weighted by atomic mass is 9.94. The van der Waals surface area contributed by atoms with Crippen LogP contribution in [0.15, 0.2) is 53.8 Å². The highest BCUT2D eigenvalue weighted by atomic mass is 16.5. The van der Waals surface area contributed by atoms with E-state index in [2.05, 4.69) is 38.6 Å². The van der Waals surface area contributed by atoms with E-state index in [9.17, 15) is 5.11 Å². The van der Waals surface area contributed by atoms with Crippen molar-refractivity contribution in [3.63, 3.8) is 0 Å². The van der Waals surface area contributed by atoms with E-state index >= 15 is 0 Å². The average molecular weight is 341 g/mol. The van der Waals surface area contributed by atoms with Crippen molar-refractivity contribution < 1.29 is 9.84 Å². The van der Waals surface area contributed by atoms with E-state index in [1.54, 1.807) is 6.08 Å². The number of rotatable bonds is 4. The van der Waals surface area contributed by atoms with Crippen molar-refractivity contribution in [3.8, 4) is 5.75 Å². The molecule has 0 fully saturated rings. The minimum absolute atomic E-state index is 0.0601. The minimum atomic E-state index is 0.0601. The molecule has 136 valence electrons. The van der Waals surface area contributed by atoms with Crippen LogP contribution >= 0.6 is 0 Å². The van der Waals surface area contributed by atoms with Crippen molar-refractivity contribution in [2.45, 2.75) is 65.9 Å². The summed E-state index contributed by atoms with van der Waals surface area (Å²) in [6, 6.07) is 6.42. The second-order valence-corrected chi connectivity index (χ2v) is 7.30. The molecule has 25 heavy (non-hydrogen) atoms. The number of ether oxygens (including phenoxy) is 1. The molecule has 0 aromatic heterocycles. The highest BCUT2D eigenvalue weighted by Crippen LogP contribution is 2.32. The van der Waals surface area contributed by atoms with Gasteiger partial charge in [-0.1, -0.05) is 50.3 Å². The zero-order valence-corrected chi connectivity index (χ0v) is 16.1. The van der Waals surface area contributed by atoms with E-state index in [1.807, 2.05) is 19.9 Å². The molecule has 1 aromatic rings. The summed E-state index contributed by atoms with van der Waals surface area (Å²) in [7, 11) is 0. The highest BCUT2D eigenvalue weighted by molar-refractivity contribution is 5.41. The van der Waals surface area contributed by atoms with Gasteiger partial charge in [0, 0.05) is 6.42 Å². The number of aliphatic hydroxyl groups excluding tert-OH is 1. The number of benzene rings is 1. The van der Waals surface area contributed by atoms with Gasteiger partial charge in [0.05, 0.1) is 0 Å². The SMILES string of the molecule is C=C/C(C[C@H]1CCCC(C)Cc2cccc(C)c2O1)=C(O)\C(C)=C/C. The molecule has 0 saturated carbocycles. The summed E-state index contributed by atoms with van der Waals surface area (Å²) < 4.78 is 6.48. The topological polar surface area (TPSA) is 29.5 Å². The van der Waals surface area contributed by atoms with Crippen molar-refractivity contribution in [1.29, 1.82) is 0 Å². The number of aryl methyl sites for hydroxylation is 1. The maximum Gasteiger partial charge on any atom is 0.125 e. The van der Waals surface area contributed by atoms with Gasteiger partial charge in [0.25, 0.3) is 0 Å². The summed E-state index contributed by atoms with van der Waals surface area (Å²) in [5.74, 6) is 2.03. The van der Waals surface area contributed by atoms with Gasteiger partial charge in [0.2, 0.25) is 0 Å². The monoisotopic (exact) mass is 340 g/mol. The van der Waals surface area contributed by atoms with E-state index in [0.29, 0.717) is 18.1 Å². The van der Waals surface area contributed by atoms with E-state index in [-0.39, 0.29) is 6.10 Å². The number of aliphatic hydroxyl groups is 1. The average Bonchev–Trinajstić information content (AvgIpc) is 2.67. The zero-order chi connectivity index (χ0) is 18.4. The second kappa shape index (κ2) is 8.94. The Morgan fingerprint density at radius 1 is 1.36 bits per heavy atom. The van der Waals surface area contributed by atoms with Gasteiger partial charge in [-0.05, 0) is 68.2 Å². The zero-order valence-electron chi connectivity index (χ0n) is 16.1. The maximum atomic E-state index is 10.5. The first-order valence-corrected chi connectivity index (χ1v) is 9.39. The third kappa shape index (κ3) is 5.01. The molecule has 1 unspecified atom stereocenters. The first-order chi connectivity index (χ1) is 12.0. The molecule has 2 rings (SSSR count). The minimum Gasteiger partial charge on any atom is -0.507 e. The van der Waals surface area contributed by atoms with E-state index in [4.69, 9.17) is 4.74 Å². The molecular formula is C23H32O2. The Balaban J connectivity index is 2.32. The Labute approximate surface area is 152 Å². The number of hydrogen-bond donors (Lipinski definition) is 1. The molecule has 0 bridgehead atoms. The Morgan fingerprint density at radius 3 is 2.80 bits per heavy atom. The van der Waals surface area contributed by atoms with Crippen LogP contribution in [0, 0.1) is 12.8 Å². The third-order valence-electron chi connectivity index (χ3n) is 5.17. The maximum absolute atomic E-state index is 10.5. The molecule has 1 heterocycles. The van der Waals surface area contributed by atoms with E-state index in [0.717, 1.165) is 36.2 Å². The molecule has 2 nitrogen and oxygen atoms in total. The molecule has 0 saturated heterocycles. The molecule has 0 aliphatic carbocycles. The van der Waals surface area contributed by atoms with Crippen molar-refractivity contribution in [2.75, 3.05) is 0 Å². The predicted octanol–water partition coefficient (Wildman–Crippen LogP) is 6.46. The van der Waals surface area contributed by atoms with Crippen molar-refractivity contribution in [1.82, 2.24) is 0 Å². The van der Waals surface area contributed by atoms with Gasteiger partial charge in [-0.2, -0.15) is 0 Å². The van der Waals surface area contributed by atoms with Gasteiger partial charge in [-0.15, -0.1) is 0 Å². The number of fused-ring (bicyclic) bond motifs is 1. The van der Waals surface area contributed by atoms with E-state index < -0.39 is 0 Å². The van der Waals surface area contributed by atoms with Crippen LogP contribution in [0.5, 0.6) is 5.75 Å². The van der Waals surface area contributed by atoms with Crippen molar-refractivity contribution >= 4 is 0 Å². The van der Waals surface area contributed by atoms with Crippen LogP contribution in [0.2, 0.25) is 0 Å². The summed E-state index contributed by atoms with van der Waals surface area (Å²) in [5.41, 5.74) is 4.23. The van der Waals surface area contributed by atoms with Crippen LogP contribution in [-0.2, 0) is 6.42 Å². The van der Waals surface area contributed by atoms with Gasteiger partial charge in [0.1, 0.15) is 17.6 Å². The van der Waals surface area contributed by atoms with E-state index in [1.165, 1.54) is 17.5 Å². The standard InChI is InChI=1S/C23H32O2/c1-6-17(4)22(24)19(7-2)15-21-13-8-10-16(3)14-20-12-9-11-18(5)23(20)25-21/h6-7,9,11-12,16,21,24H,2,8,10,13-15H2,1,3-5H3/b17-6-,22-19-/t16?,21-/m1/s1. The predicted molar refractivity (Wildman–Crippen MR) is 106 cm³/mol. The van der Waals surface area contributed by atoms with Crippen LogP contribution in [0.4, 0.5) is 0 Å². The summed E-state index contributed by atoms with van der Waals surface area (Å²) in [5, 5.41) is 10.5. The second-order valence-electron chi connectivity index (χ2n) is 7.30. The van der Waals surface area contributed by atoms with Crippen molar-refractivity contribution in [3.05, 3.63) is 65.0 Å². The lowest BCUT2D eigenvalue weighted by Gasteiger charge is -2.22. The van der Waals surface area contributed by atoms with Crippen LogP contribution < -0.4 is 4.74 Å². The first-order valence-electron chi connectivity index (χ1n) is 9.39. The number of para-hydroxylation sites is 1. The number of hydrogen-bond acceptors (Lipinski definition) is 2. The quantitative estimate of drug-likeness (QED) is 0.503. The summed E-state index contributed by atoms with van der Waals surface area (Å²) in [4.78, 5) is 0. The molecule has 0 amide bonds. The lowest BCUT2D eigenvalue weighted by molar-refractivity contribution is 0.185. The Kier molecular flexibility index (Phi) is 6.92. The van der Waals surface area contributed by atoms with Gasteiger partial charge in [0.15, 0.2) is 0 Å². The fraction of sp³-hybridized carbons (Fsp3) is 0.478. The molecule has 0 radical (unpaired) electrons. The Morgan fingerprint density at radius 2 is 2.12 bits per heavy atom. The fourth-order valence-electron chi connectivity index (χ4n) is 3.50. The van der Waals surface area contributed by atoms with Crippen LogP contribution in [0.1, 0.15) is 57.6 Å². The first kappa shape index (κ1) is 19.4. The molecule has 2 atom stereocenters. The normalized spacial score (nSPS) is 22.6. The lowest BCUT2D eigenvalue weighted by Crippen LogP contribution is -2.18. The molecule has 1 aliphatic heterocycles. The van der Waals surface area contributed by atoms with Gasteiger partial charge in [-0.25, -0.2) is 0 Å². The highest BCUT2D eigenvalue weighted by Gasteiger charge is 2.21. The van der Waals surface area contributed by atoms with Crippen LogP contribution in [0.25, 0.3) is 0 Å². The number of allylic oxidation sites excluding steroid dienone is 3. The molecule has 2 heteroatoms. The summed E-state index contributed by atoms with van der Waals surface area (Å²) in [6.07, 6.45) is 8.85. The molecular weight excluding hydrogens is 308 g/mol. The fourth-order valence-corrected chi connectivity index (χ4v) is 3.50. The Bertz CT molecular complexity index is 667. The smallest absolute Gasteiger partial charge is 0.125 e. The van der Waals surface area contributed by atoms with Gasteiger partial charge >= 0.3 is 0 Å². The third-order valence-corrected chi connectivity index (χ3v) is 5.17. The molecule has 1 aliphatic rings. The van der Waals surface area contributed by atoms with Crippen molar-refractivity contribution in [2.24, 2.45) is 5.92 Å². The summed E-state index contributed by atoms with van der Waals surface area (Å²) >= 11 is 0. The molecule has 0 spiro atoms. The Hall–Kier alpha value is -1.96. The largest absolute Gasteiger partial charge is 0.507 e. The molecule has 1 N–H and O–H groups in total. The van der Waals surface area contributed by atoms with Gasteiger partial charge < -0.3 is 9.84 Å². The molecule has 1 aromatic carbocycles.